The Labute approximate surface area is 79.7 Å². The van der Waals surface area contributed by atoms with Crippen LogP contribution in [0, 0.1) is 0 Å². The standard InChI is InChI=1S/C8H11BrN2O/c1-8(12,5-10)6-2-3-7(9)11-4-6/h2-4,12H,5,10H2,1H3. The summed E-state index contributed by atoms with van der Waals surface area (Å²) in [6.45, 7) is 1.86. The zero-order valence-electron chi connectivity index (χ0n) is 6.79. The van der Waals surface area contributed by atoms with Crippen molar-refractivity contribution in [1.29, 1.82) is 0 Å². The third-order valence-electron chi connectivity index (χ3n) is 1.75. The van der Waals surface area contributed by atoms with E-state index in [1.807, 2.05) is 0 Å². The van der Waals surface area contributed by atoms with Gasteiger partial charge in [-0.05, 0) is 28.9 Å². The predicted octanol–water partition coefficient (Wildman–Crippen LogP) is 1.01. The van der Waals surface area contributed by atoms with Gasteiger partial charge in [-0.1, -0.05) is 6.07 Å². The van der Waals surface area contributed by atoms with Crippen LogP contribution in [-0.2, 0) is 5.60 Å². The quantitative estimate of drug-likeness (QED) is 0.747. The van der Waals surface area contributed by atoms with Gasteiger partial charge in [-0.15, -0.1) is 0 Å². The minimum absolute atomic E-state index is 0.191. The van der Waals surface area contributed by atoms with Gasteiger partial charge in [0.1, 0.15) is 10.2 Å². The van der Waals surface area contributed by atoms with Gasteiger partial charge in [-0.2, -0.15) is 0 Å². The van der Waals surface area contributed by atoms with E-state index in [-0.39, 0.29) is 6.54 Å². The number of rotatable bonds is 2. The smallest absolute Gasteiger partial charge is 0.106 e. The Morgan fingerprint density at radius 2 is 2.33 bits per heavy atom. The Hall–Kier alpha value is -0.450. The van der Waals surface area contributed by atoms with Crippen molar-refractivity contribution in [3.8, 4) is 0 Å². The van der Waals surface area contributed by atoms with Crippen LogP contribution >= 0.6 is 15.9 Å². The number of hydrogen-bond acceptors (Lipinski definition) is 3. The minimum Gasteiger partial charge on any atom is -0.384 e. The van der Waals surface area contributed by atoms with Gasteiger partial charge in [0, 0.05) is 18.3 Å². The van der Waals surface area contributed by atoms with Crippen LogP contribution in [0.25, 0.3) is 0 Å². The maximum atomic E-state index is 9.71. The van der Waals surface area contributed by atoms with Gasteiger partial charge in [0.2, 0.25) is 0 Å². The molecule has 0 aliphatic carbocycles. The van der Waals surface area contributed by atoms with E-state index >= 15 is 0 Å². The summed E-state index contributed by atoms with van der Waals surface area (Å²) in [4.78, 5) is 3.99. The Morgan fingerprint density at radius 3 is 2.75 bits per heavy atom. The second kappa shape index (κ2) is 3.51. The van der Waals surface area contributed by atoms with Crippen molar-refractivity contribution in [2.75, 3.05) is 6.54 Å². The Balaban J connectivity index is 2.96. The molecule has 0 radical (unpaired) electrons. The number of pyridine rings is 1. The molecule has 3 nitrogen and oxygen atoms in total. The SMILES string of the molecule is CC(O)(CN)c1ccc(Br)nc1. The summed E-state index contributed by atoms with van der Waals surface area (Å²) >= 11 is 3.21. The zero-order chi connectivity index (χ0) is 9.19. The molecular weight excluding hydrogens is 220 g/mol. The highest BCUT2D eigenvalue weighted by atomic mass is 79.9. The summed E-state index contributed by atoms with van der Waals surface area (Å²) < 4.78 is 0.749. The van der Waals surface area contributed by atoms with Crippen LogP contribution in [-0.4, -0.2) is 16.6 Å². The van der Waals surface area contributed by atoms with Crippen molar-refractivity contribution < 1.29 is 5.11 Å². The van der Waals surface area contributed by atoms with Crippen LogP contribution < -0.4 is 5.73 Å². The number of aromatic nitrogens is 1. The molecule has 0 spiro atoms. The topological polar surface area (TPSA) is 59.1 Å². The fourth-order valence-electron chi connectivity index (χ4n) is 0.812. The minimum atomic E-state index is -0.978. The number of nitrogens with two attached hydrogens (primary N) is 1. The molecule has 0 aliphatic heterocycles. The normalized spacial score (nSPS) is 15.7. The van der Waals surface area contributed by atoms with Crippen LogP contribution in [0.2, 0.25) is 0 Å². The summed E-state index contributed by atoms with van der Waals surface area (Å²) in [7, 11) is 0. The average Bonchev–Trinajstić information content (AvgIpc) is 2.05. The van der Waals surface area contributed by atoms with Crippen molar-refractivity contribution >= 4 is 15.9 Å². The highest BCUT2D eigenvalue weighted by Crippen LogP contribution is 2.19. The fourth-order valence-corrected chi connectivity index (χ4v) is 1.05. The lowest BCUT2D eigenvalue weighted by Crippen LogP contribution is -2.31. The molecule has 66 valence electrons. The monoisotopic (exact) mass is 230 g/mol. The molecule has 1 unspecified atom stereocenters. The lowest BCUT2D eigenvalue weighted by Gasteiger charge is -2.20. The zero-order valence-corrected chi connectivity index (χ0v) is 8.37. The molecule has 0 amide bonds. The van der Waals surface area contributed by atoms with E-state index in [4.69, 9.17) is 5.73 Å². The van der Waals surface area contributed by atoms with Crippen LogP contribution in [0.1, 0.15) is 12.5 Å². The molecule has 1 aromatic rings. The Kier molecular flexibility index (Phi) is 2.82. The second-order valence-corrected chi connectivity index (χ2v) is 3.66. The van der Waals surface area contributed by atoms with Crippen molar-refractivity contribution in [3.05, 3.63) is 28.5 Å². The lowest BCUT2D eigenvalue weighted by atomic mass is 9.98. The first kappa shape index (κ1) is 9.64. The third kappa shape index (κ3) is 2.03. The molecule has 0 fully saturated rings. The predicted molar refractivity (Wildman–Crippen MR) is 50.6 cm³/mol. The highest BCUT2D eigenvalue weighted by molar-refractivity contribution is 9.10. The molecule has 1 heterocycles. The van der Waals surface area contributed by atoms with Crippen molar-refractivity contribution in [1.82, 2.24) is 4.98 Å². The van der Waals surface area contributed by atoms with E-state index in [0.717, 1.165) is 10.2 Å². The second-order valence-electron chi connectivity index (χ2n) is 2.85. The van der Waals surface area contributed by atoms with Gasteiger partial charge in [0.25, 0.3) is 0 Å². The summed E-state index contributed by atoms with van der Waals surface area (Å²) in [5.41, 5.74) is 5.14. The van der Waals surface area contributed by atoms with Gasteiger partial charge in [0.05, 0.1) is 0 Å². The molecule has 0 aliphatic rings. The van der Waals surface area contributed by atoms with E-state index in [1.54, 1.807) is 25.3 Å². The van der Waals surface area contributed by atoms with Gasteiger partial charge in [-0.3, -0.25) is 0 Å². The van der Waals surface area contributed by atoms with E-state index < -0.39 is 5.60 Å². The molecule has 4 heteroatoms. The first-order valence-electron chi connectivity index (χ1n) is 3.61. The molecule has 0 aromatic carbocycles. The summed E-state index contributed by atoms with van der Waals surface area (Å²) in [5, 5.41) is 9.71. The highest BCUT2D eigenvalue weighted by Gasteiger charge is 2.20. The first-order valence-corrected chi connectivity index (χ1v) is 4.40. The molecule has 0 bridgehead atoms. The number of halogens is 1. The van der Waals surface area contributed by atoms with Crippen molar-refractivity contribution in [2.45, 2.75) is 12.5 Å². The Morgan fingerprint density at radius 1 is 1.67 bits per heavy atom. The van der Waals surface area contributed by atoms with E-state index in [2.05, 4.69) is 20.9 Å². The molecular formula is C8H11BrN2O. The molecule has 0 saturated heterocycles. The van der Waals surface area contributed by atoms with E-state index in [9.17, 15) is 5.11 Å². The lowest BCUT2D eigenvalue weighted by molar-refractivity contribution is 0.0664. The summed E-state index contributed by atoms with van der Waals surface area (Å²) in [6.07, 6.45) is 1.61. The number of nitrogens with zero attached hydrogens (tertiary/aromatic N) is 1. The van der Waals surface area contributed by atoms with Gasteiger partial charge >= 0.3 is 0 Å². The summed E-state index contributed by atoms with van der Waals surface area (Å²) in [6, 6.07) is 3.57. The summed E-state index contributed by atoms with van der Waals surface area (Å²) in [5.74, 6) is 0. The van der Waals surface area contributed by atoms with E-state index in [1.165, 1.54) is 0 Å². The average molecular weight is 231 g/mol. The molecule has 1 atom stereocenters. The Bertz CT molecular complexity index is 258. The third-order valence-corrected chi connectivity index (χ3v) is 2.22. The van der Waals surface area contributed by atoms with Gasteiger partial charge < -0.3 is 10.8 Å². The number of aliphatic hydroxyl groups is 1. The molecule has 1 rings (SSSR count). The largest absolute Gasteiger partial charge is 0.384 e. The maximum Gasteiger partial charge on any atom is 0.106 e. The molecule has 0 saturated carbocycles. The molecule has 1 aromatic heterocycles. The van der Waals surface area contributed by atoms with Crippen LogP contribution in [0.3, 0.4) is 0 Å². The van der Waals surface area contributed by atoms with Crippen molar-refractivity contribution in [2.24, 2.45) is 5.73 Å². The molecule has 3 N–H and O–H groups in total. The number of hydrogen-bond donors (Lipinski definition) is 2. The van der Waals surface area contributed by atoms with Crippen LogP contribution in [0.4, 0.5) is 0 Å². The maximum absolute atomic E-state index is 9.71. The fraction of sp³-hybridized carbons (Fsp3) is 0.375. The van der Waals surface area contributed by atoms with Gasteiger partial charge in [0.15, 0.2) is 0 Å². The van der Waals surface area contributed by atoms with E-state index in [0.29, 0.717) is 0 Å². The van der Waals surface area contributed by atoms with Crippen molar-refractivity contribution in [3.63, 3.8) is 0 Å². The first-order chi connectivity index (χ1) is 5.56. The van der Waals surface area contributed by atoms with Gasteiger partial charge in [-0.25, -0.2) is 4.98 Å². The van der Waals surface area contributed by atoms with Crippen LogP contribution in [0.5, 0.6) is 0 Å². The van der Waals surface area contributed by atoms with Crippen LogP contribution in [0.15, 0.2) is 22.9 Å². The molecule has 12 heavy (non-hydrogen) atoms.